The lowest BCUT2D eigenvalue weighted by molar-refractivity contribution is -0.129. The van der Waals surface area contributed by atoms with Gasteiger partial charge in [-0.25, -0.2) is 0 Å². The highest BCUT2D eigenvalue weighted by atomic mass is 32.1. The zero-order chi connectivity index (χ0) is 12.4. The van der Waals surface area contributed by atoms with Crippen LogP contribution >= 0.6 is 11.5 Å². The lowest BCUT2D eigenvalue weighted by Crippen LogP contribution is -2.48. The molecular weight excluding hydrogens is 240 g/mol. The van der Waals surface area contributed by atoms with E-state index in [1.54, 1.807) is 4.90 Å². The first-order valence-corrected chi connectivity index (χ1v) is 6.27. The Morgan fingerprint density at radius 1 is 1.53 bits per heavy atom. The molecule has 2 heterocycles. The summed E-state index contributed by atoms with van der Waals surface area (Å²) in [7, 11) is 1.81. The summed E-state index contributed by atoms with van der Waals surface area (Å²) < 4.78 is 9.56. The van der Waals surface area contributed by atoms with E-state index in [-0.39, 0.29) is 5.91 Å². The minimum atomic E-state index is 0.102. The number of amides is 1. The molecule has 1 amide bonds. The van der Waals surface area contributed by atoms with Crippen molar-refractivity contribution in [3.8, 4) is 5.75 Å². The van der Waals surface area contributed by atoms with Crippen molar-refractivity contribution in [2.75, 3.05) is 43.9 Å². The normalized spacial score (nSPS) is 16.5. The molecule has 1 aliphatic rings. The summed E-state index contributed by atoms with van der Waals surface area (Å²) in [4.78, 5) is 15.3. The van der Waals surface area contributed by atoms with Gasteiger partial charge in [0.1, 0.15) is 0 Å². The predicted molar refractivity (Wildman–Crippen MR) is 67.5 cm³/mol. The van der Waals surface area contributed by atoms with Crippen LogP contribution in [0.2, 0.25) is 0 Å². The van der Waals surface area contributed by atoms with Crippen LogP contribution in [0.5, 0.6) is 5.75 Å². The fourth-order valence-electron chi connectivity index (χ4n) is 1.70. The van der Waals surface area contributed by atoms with Crippen molar-refractivity contribution < 1.29 is 9.53 Å². The van der Waals surface area contributed by atoms with Crippen LogP contribution in [0, 0.1) is 0 Å². The predicted octanol–water partition coefficient (Wildman–Crippen LogP) is 0.402. The Kier molecular flexibility index (Phi) is 3.37. The first-order chi connectivity index (χ1) is 8.13. The molecular formula is C10H16N4O2S. The standard InChI is InChI=1S/C10H16N4O2S/c1-3-16-8-9(11)12-17-10(8)14-5-4-13(2)7(15)6-14/h3-6H2,1-2H3,(H2,11,12). The first-order valence-electron chi connectivity index (χ1n) is 5.50. The number of likely N-dealkylation sites (N-methyl/N-ethyl adjacent to an activating group) is 1. The fourth-order valence-corrected chi connectivity index (χ4v) is 2.48. The van der Waals surface area contributed by atoms with Gasteiger partial charge in [0, 0.05) is 20.1 Å². The highest BCUT2D eigenvalue weighted by Gasteiger charge is 2.26. The Morgan fingerprint density at radius 2 is 2.29 bits per heavy atom. The number of rotatable bonds is 3. The molecule has 1 aliphatic heterocycles. The van der Waals surface area contributed by atoms with Crippen molar-refractivity contribution in [2.24, 2.45) is 0 Å². The Balaban J connectivity index is 2.19. The molecule has 1 aromatic rings. The molecule has 1 fully saturated rings. The molecule has 17 heavy (non-hydrogen) atoms. The average molecular weight is 256 g/mol. The minimum absolute atomic E-state index is 0.102. The Bertz CT molecular complexity index is 420. The third-order valence-electron chi connectivity index (χ3n) is 2.69. The molecule has 0 radical (unpaired) electrons. The zero-order valence-corrected chi connectivity index (χ0v) is 10.8. The Labute approximate surface area is 104 Å². The van der Waals surface area contributed by atoms with E-state index < -0.39 is 0 Å². The fraction of sp³-hybridized carbons (Fsp3) is 0.600. The second-order valence-electron chi connectivity index (χ2n) is 3.87. The van der Waals surface area contributed by atoms with Gasteiger partial charge in [0.15, 0.2) is 16.6 Å². The van der Waals surface area contributed by atoms with Gasteiger partial charge in [0.25, 0.3) is 0 Å². The van der Waals surface area contributed by atoms with E-state index in [0.29, 0.717) is 31.3 Å². The van der Waals surface area contributed by atoms with Crippen LogP contribution in [0.15, 0.2) is 0 Å². The summed E-state index contributed by atoms with van der Waals surface area (Å²) in [6.45, 7) is 4.29. The van der Waals surface area contributed by atoms with E-state index in [4.69, 9.17) is 10.5 Å². The Morgan fingerprint density at radius 3 is 2.94 bits per heavy atom. The van der Waals surface area contributed by atoms with Gasteiger partial charge in [-0.15, -0.1) is 0 Å². The molecule has 0 aromatic carbocycles. The van der Waals surface area contributed by atoms with Crippen LogP contribution in [-0.2, 0) is 4.79 Å². The number of piperazine rings is 1. The molecule has 0 spiro atoms. The van der Waals surface area contributed by atoms with Gasteiger partial charge < -0.3 is 20.3 Å². The smallest absolute Gasteiger partial charge is 0.241 e. The number of nitrogen functional groups attached to an aromatic ring is 1. The largest absolute Gasteiger partial charge is 0.487 e. The molecule has 0 saturated carbocycles. The molecule has 94 valence electrons. The number of hydrogen-bond acceptors (Lipinski definition) is 6. The van der Waals surface area contributed by atoms with E-state index in [9.17, 15) is 4.79 Å². The summed E-state index contributed by atoms with van der Waals surface area (Å²) in [5.74, 6) is 1.11. The number of carbonyl (C=O) groups excluding carboxylic acids is 1. The van der Waals surface area contributed by atoms with Crippen molar-refractivity contribution in [1.29, 1.82) is 0 Å². The van der Waals surface area contributed by atoms with Crippen LogP contribution in [0.4, 0.5) is 10.8 Å². The maximum atomic E-state index is 11.7. The van der Waals surface area contributed by atoms with Crippen molar-refractivity contribution >= 4 is 28.3 Å². The van der Waals surface area contributed by atoms with Crippen molar-refractivity contribution in [1.82, 2.24) is 9.27 Å². The van der Waals surface area contributed by atoms with Crippen molar-refractivity contribution in [3.05, 3.63) is 0 Å². The van der Waals surface area contributed by atoms with Gasteiger partial charge >= 0.3 is 0 Å². The monoisotopic (exact) mass is 256 g/mol. The number of hydrogen-bond donors (Lipinski definition) is 1. The summed E-state index contributed by atoms with van der Waals surface area (Å²) in [6, 6.07) is 0. The van der Waals surface area contributed by atoms with E-state index in [1.807, 2.05) is 18.9 Å². The van der Waals surface area contributed by atoms with Crippen LogP contribution in [-0.4, -0.2) is 48.5 Å². The van der Waals surface area contributed by atoms with Gasteiger partial charge in [0.2, 0.25) is 5.91 Å². The molecule has 0 aliphatic carbocycles. The number of carbonyl (C=O) groups is 1. The maximum Gasteiger partial charge on any atom is 0.241 e. The molecule has 0 bridgehead atoms. The molecule has 6 nitrogen and oxygen atoms in total. The molecule has 2 N–H and O–H groups in total. The number of aromatic nitrogens is 1. The number of nitrogens with two attached hydrogens (primary N) is 1. The maximum absolute atomic E-state index is 11.7. The Hall–Kier alpha value is -1.50. The molecule has 0 unspecified atom stereocenters. The zero-order valence-electron chi connectivity index (χ0n) is 9.97. The number of anilines is 2. The highest BCUT2D eigenvalue weighted by Crippen LogP contribution is 2.38. The van der Waals surface area contributed by atoms with Crippen LogP contribution in [0.3, 0.4) is 0 Å². The molecule has 0 atom stereocenters. The second kappa shape index (κ2) is 4.79. The third-order valence-corrected chi connectivity index (χ3v) is 3.59. The third kappa shape index (κ3) is 2.28. The number of nitrogens with zero attached hydrogens (tertiary/aromatic N) is 3. The highest BCUT2D eigenvalue weighted by molar-refractivity contribution is 7.11. The summed E-state index contributed by atoms with van der Waals surface area (Å²) in [5, 5.41) is 0.853. The quantitative estimate of drug-likeness (QED) is 0.847. The molecule has 7 heteroatoms. The lowest BCUT2D eigenvalue weighted by Gasteiger charge is -2.32. The van der Waals surface area contributed by atoms with Gasteiger partial charge in [-0.05, 0) is 18.5 Å². The summed E-state index contributed by atoms with van der Waals surface area (Å²) in [5.41, 5.74) is 5.75. The second-order valence-corrected chi connectivity index (χ2v) is 4.62. The first kappa shape index (κ1) is 12.0. The number of ether oxygens (including phenoxy) is 1. The average Bonchev–Trinajstić information content (AvgIpc) is 2.66. The van der Waals surface area contributed by atoms with Crippen molar-refractivity contribution in [2.45, 2.75) is 6.92 Å². The van der Waals surface area contributed by atoms with Gasteiger partial charge in [-0.1, -0.05) is 0 Å². The lowest BCUT2D eigenvalue weighted by atomic mass is 10.3. The van der Waals surface area contributed by atoms with E-state index in [0.717, 1.165) is 11.5 Å². The minimum Gasteiger partial charge on any atom is -0.487 e. The van der Waals surface area contributed by atoms with Crippen molar-refractivity contribution in [3.63, 3.8) is 0 Å². The SMILES string of the molecule is CCOc1c(N)nsc1N1CCN(C)C(=O)C1. The topological polar surface area (TPSA) is 71.7 Å². The van der Waals surface area contributed by atoms with Gasteiger partial charge in [-0.2, -0.15) is 4.37 Å². The summed E-state index contributed by atoms with van der Waals surface area (Å²) in [6.07, 6.45) is 0. The van der Waals surface area contributed by atoms with E-state index in [2.05, 4.69) is 4.37 Å². The van der Waals surface area contributed by atoms with E-state index >= 15 is 0 Å². The molecule has 1 saturated heterocycles. The van der Waals surface area contributed by atoms with Gasteiger partial charge in [0.05, 0.1) is 13.2 Å². The van der Waals surface area contributed by atoms with Crippen LogP contribution in [0.1, 0.15) is 6.92 Å². The van der Waals surface area contributed by atoms with Crippen LogP contribution in [0.25, 0.3) is 0 Å². The molecule has 2 rings (SSSR count). The summed E-state index contributed by atoms with van der Waals surface area (Å²) >= 11 is 1.28. The van der Waals surface area contributed by atoms with E-state index in [1.165, 1.54) is 11.5 Å². The van der Waals surface area contributed by atoms with Gasteiger partial charge in [-0.3, -0.25) is 4.79 Å². The molecule has 1 aromatic heterocycles. The van der Waals surface area contributed by atoms with Crippen LogP contribution < -0.4 is 15.4 Å².